The third-order valence-corrected chi connectivity index (χ3v) is 4.74. The molecule has 1 aliphatic rings. The van der Waals surface area contributed by atoms with Crippen LogP contribution in [0.4, 0.5) is 10.1 Å². The van der Waals surface area contributed by atoms with Crippen molar-refractivity contribution in [1.82, 2.24) is 10.3 Å². The largest absolute Gasteiger partial charge is 0.382 e. The van der Waals surface area contributed by atoms with Gasteiger partial charge in [0.15, 0.2) is 0 Å². The van der Waals surface area contributed by atoms with Gasteiger partial charge in [0.05, 0.1) is 5.52 Å². The van der Waals surface area contributed by atoms with Crippen LogP contribution in [-0.4, -0.2) is 30.8 Å². The highest BCUT2D eigenvalue weighted by Crippen LogP contribution is 2.28. The lowest BCUT2D eigenvalue weighted by atomic mass is 9.93. The number of hydrogen-bond acceptors (Lipinski definition) is 3. The summed E-state index contributed by atoms with van der Waals surface area (Å²) in [6.07, 6.45) is 2.80. The van der Waals surface area contributed by atoms with Crippen molar-refractivity contribution in [2.75, 3.05) is 25.0 Å². The van der Waals surface area contributed by atoms with Crippen LogP contribution in [0, 0.1) is 5.92 Å². The van der Waals surface area contributed by atoms with Crippen molar-refractivity contribution >= 4 is 32.5 Å². The van der Waals surface area contributed by atoms with Crippen molar-refractivity contribution in [3.05, 3.63) is 34.9 Å². The second-order valence-corrected chi connectivity index (χ2v) is 6.33. The number of rotatable bonds is 4. The van der Waals surface area contributed by atoms with Gasteiger partial charge in [0.2, 0.25) is 0 Å². The minimum Gasteiger partial charge on any atom is -0.382 e. The number of fused-ring (bicyclic) bond motifs is 1. The van der Waals surface area contributed by atoms with E-state index in [2.05, 4.69) is 31.5 Å². The molecule has 0 saturated carbocycles. The first-order valence-corrected chi connectivity index (χ1v) is 8.17. The van der Waals surface area contributed by atoms with E-state index in [1.165, 1.54) is 0 Å². The number of nitrogens with one attached hydrogen (secondary N) is 2. The SMILES string of the molecule is FC(CNc1ccnc2c(Br)cccc12)C1CCNCC1. The first kappa shape index (κ1) is 14.7. The van der Waals surface area contributed by atoms with Crippen molar-refractivity contribution in [1.29, 1.82) is 0 Å². The number of benzene rings is 1. The molecule has 0 amide bonds. The standard InChI is InChI=1S/C16H19BrFN3/c17-13-3-1-2-12-15(6-9-20-16(12)13)21-10-14(18)11-4-7-19-8-5-11/h1-3,6,9,11,14,19H,4-5,7-8,10H2,(H,20,21). The van der Waals surface area contributed by atoms with Crippen molar-refractivity contribution < 1.29 is 4.39 Å². The molecule has 1 aromatic carbocycles. The molecular weight excluding hydrogens is 333 g/mol. The van der Waals surface area contributed by atoms with Crippen LogP contribution in [0.15, 0.2) is 34.9 Å². The van der Waals surface area contributed by atoms with E-state index in [1.807, 2.05) is 24.3 Å². The summed E-state index contributed by atoms with van der Waals surface area (Å²) in [5.74, 6) is 0.165. The lowest BCUT2D eigenvalue weighted by Crippen LogP contribution is -2.35. The molecule has 1 fully saturated rings. The lowest BCUT2D eigenvalue weighted by Gasteiger charge is -2.26. The highest BCUT2D eigenvalue weighted by atomic mass is 79.9. The van der Waals surface area contributed by atoms with Gasteiger partial charge in [0.1, 0.15) is 6.17 Å². The van der Waals surface area contributed by atoms with Gasteiger partial charge < -0.3 is 10.6 Å². The van der Waals surface area contributed by atoms with E-state index in [9.17, 15) is 4.39 Å². The van der Waals surface area contributed by atoms with E-state index in [0.29, 0.717) is 6.54 Å². The smallest absolute Gasteiger partial charge is 0.120 e. The fourth-order valence-electron chi connectivity index (χ4n) is 2.87. The molecule has 21 heavy (non-hydrogen) atoms. The van der Waals surface area contributed by atoms with Crippen molar-refractivity contribution in [3.8, 4) is 0 Å². The molecule has 2 heterocycles. The zero-order valence-corrected chi connectivity index (χ0v) is 13.4. The number of halogens is 2. The molecular formula is C16H19BrFN3. The molecule has 0 spiro atoms. The van der Waals surface area contributed by atoms with Gasteiger partial charge in [0, 0.05) is 28.3 Å². The molecule has 0 aliphatic carbocycles. The van der Waals surface area contributed by atoms with E-state index in [0.717, 1.165) is 47.0 Å². The second kappa shape index (κ2) is 6.71. The predicted molar refractivity (Wildman–Crippen MR) is 88.4 cm³/mol. The van der Waals surface area contributed by atoms with Gasteiger partial charge in [-0.15, -0.1) is 0 Å². The molecule has 2 N–H and O–H groups in total. The molecule has 5 heteroatoms. The molecule has 0 radical (unpaired) electrons. The number of alkyl halides is 1. The molecule has 3 rings (SSSR count). The first-order valence-electron chi connectivity index (χ1n) is 7.37. The number of pyridine rings is 1. The Bertz CT molecular complexity index is 613. The van der Waals surface area contributed by atoms with Gasteiger partial charge >= 0.3 is 0 Å². The summed E-state index contributed by atoms with van der Waals surface area (Å²) in [6.45, 7) is 2.21. The normalized spacial score (nSPS) is 17.8. The van der Waals surface area contributed by atoms with Crippen LogP contribution in [0.1, 0.15) is 12.8 Å². The summed E-state index contributed by atoms with van der Waals surface area (Å²) < 4.78 is 15.3. The summed E-state index contributed by atoms with van der Waals surface area (Å²) >= 11 is 3.50. The first-order chi connectivity index (χ1) is 10.3. The number of anilines is 1. The highest BCUT2D eigenvalue weighted by molar-refractivity contribution is 9.10. The Morgan fingerprint density at radius 2 is 2.14 bits per heavy atom. The van der Waals surface area contributed by atoms with E-state index < -0.39 is 6.17 Å². The average molecular weight is 352 g/mol. The maximum Gasteiger partial charge on any atom is 0.120 e. The minimum atomic E-state index is -0.803. The van der Waals surface area contributed by atoms with E-state index >= 15 is 0 Å². The molecule has 112 valence electrons. The molecule has 1 aliphatic heterocycles. The van der Waals surface area contributed by atoms with Gasteiger partial charge in [-0.05, 0) is 59.9 Å². The number of para-hydroxylation sites is 1. The molecule has 3 nitrogen and oxygen atoms in total. The van der Waals surface area contributed by atoms with Crippen LogP contribution >= 0.6 is 15.9 Å². The minimum absolute atomic E-state index is 0.165. The average Bonchev–Trinajstić information content (AvgIpc) is 2.54. The zero-order chi connectivity index (χ0) is 14.7. The fraction of sp³-hybridized carbons (Fsp3) is 0.438. The van der Waals surface area contributed by atoms with E-state index in [1.54, 1.807) is 6.20 Å². The van der Waals surface area contributed by atoms with Gasteiger partial charge in [-0.25, -0.2) is 4.39 Å². The molecule has 0 bridgehead atoms. The van der Waals surface area contributed by atoms with Gasteiger partial charge in [-0.1, -0.05) is 12.1 Å². The monoisotopic (exact) mass is 351 g/mol. The van der Waals surface area contributed by atoms with Crippen LogP contribution in [0.25, 0.3) is 10.9 Å². The van der Waals surface area contributed by atoms with Gasteiger partial charge in [-0.2, -0.15) is 0 Å². The third-order valence-electron chi connectivity index (χ3n) is 4.10. The lowest BCUT2D eigenvalue weighted by molar-refractivity contribution is 0.199. The Kier molecular flexibility index (Phi) is 4.70. The number of nitrogens with zero attached hydrogens (tertiary/aromatic N) is 1. The van der Waals surface area contributed by atoms with Crippen molar-refractivity contribution in [2.24, 2.45) is 5.92 Å². The van der Waals surface area contributed by atoms with E-state index in [-0.39, 0.29) is 5.92 Å². The van der Waals surface area contributed by atoms with Gasteiger partial charge in [0.25, 0.3) is 0 Å². The van der Waals surface area contributed by atoms with Crippen LogP contribution in [0.3, 0.4) is 0 Å². The van der Waals surface area contributed by atoms with Crippen molar-refractivity contribution in [3.63, 3.8) is 0 Å². The van der Waals surface area contributed by atoms with E-state index in [4.69, 9.17) is 0 Å². The summed E-state index contributed by atoms with van der Waals surface area (Å²) in [6, 6.07) is 7.85. The summed E-state index contributed by atoms with van der Waals surface area (Å²) in [4.78, 5) is 4.37. The van der Waals surface area contributed by atoms with Crippen molar-refractivity contribution in [2.45, 2.75) is 19.0 Å². The van der Waals surface area contributed by atoms with Gasteiger partial charge in [-0.3, -0.25) is 4.98 Å². The summed E-state index contributed by atoms with van der Waals surface area (Å²) in [5, 5.41) is 7.55. The molecule has 1 aromatic heterocycles. The molecule has 2 aromatic rings. The third kappa shape index (κ3) is 3.35. The number of piperidine rings is 1. The molecule has 1 atom stereocenters. The highest BCUT2D eigenvalue weighted by Gasteiger charge is 2.22. The maximum absolute atomic E-state index is 14.3. The zero-order valence-electron chi connectivity index (χ0n) is 11.8. The molecule has 1 unspecified atom stereocenters. The Morgan fingerprint density at radius 3 is 2.95 bits per heavy atom. The van der Waals surface area contributed by atoms with Crippen LogP contribution in [-0.2, 0) is 0 Å². The Labute approximate surface area is 132 Å². The predicted octanol–water partition coefficient (Wildman–Crippen LogP) is 3.75. The number of hydrogen-bond donors (Lipinski definition) is 2. The second-order valence-electron chi connectivity index (χ2n) is 5.48. The number of aromatic nitrogens is 1. The van der Waals surface area contributed by atoms with Crippen LogP contribution in [0.2, 0.25) is 0 Å². The van der Waals surface area contributed by atoms with Crippen LogP contribution < -0.4 is 10.6 Å². The quantitative estimate of drug-likeness (QED) is 0.880. The van der Waals surface area contributed by atoms with Crippen LogP contribution in [0.5, 0.6) is 0 Å². The Morgan fingerprint density at radius 1 is 1.33 bits per heavy atom. The summed E-state index contributed by atoms with van der Waals surface area (Å²) in [7, 11) is 0. The topological polar surface area (TPSA) is 37.0 Å². The summed E-state index contributed by atoms with van der Waals surface area (Å²) in [5.41, 5.74) is 1.85. The Balaban J connectivity index is 1.71. The maximum atomic E-state index is 14.3. The Hall–Kier alpha value is -1.20. The fourth-order valence-corrected chi connectivity index (χ4v) is 3.34. The molecule has 1 saturated heterocycles.